The Morgan fingerprint density at radius 1 is 1.41 bits per heavy atom. The molecule has 1 aliphatic rings. The molecule has 6 nitrogen and oxygen atoms in total. The van der Waals surface area contributed by atoms with Crippen LogP contribution in [0.4, 0.5) is 0 Å². The van der Waals surface area contributed by atoms with Crippen LogP contribution in [0.5, 0.6) is 0 Å². The summed E-state index contributed by atoms with van der Waals surface area (Å²) >= 11 is 5.49. The summed E-state index contributed by atoms with van der Waals surface area (Å²) in [4.78, 5) is 17.4. The van der Waals surface area contributed by atoms with Gasteiger partial charge in [-0.2, -0.15) is 0 Å². The monoisotopic (exact) mass is 389 g/mol. The molecule has 0 aliphatic carbocycles. The van der Waals surface area contributed by atoms with Crippen LogP contribution in [-0.4, -0.2) is 52.5 Å². The van der Waals surface area contributed by atoms with Crippen molar-refractivity contribution in [3.8, 4) is 0 Å². The van der Waals surface area contributed by atoms with Gasteiger partial charge in [0.25, 0.3) is 5.56 Å². The standard InChI is InChI=1S/C20H27N3O3S/c1-13-8-14(2)18-15(9-13)10-16(19(25)22-18)12-23(5-6-24)20(27)21-11-17-4-3-7-26-17/h8-10,17,24H,3-7,11-12H2,1-2H3,(H,21,27)(H,22,25)/t17-/m1/s1. The number of nitrogens with zero attached hydrogens (tertiary/aromatic N) is 1. The second kappa shape index (κ2) is 8.82. The SMILES string of the molecule is Cc1cc(C)c2[nH]c(=O)c(CN(CCO)C(=S)NC[C@H]3CCCO3)cc2c1. The largest absolute Gasteiger partial charge is 0.395 e. The van der Waals surface area contributed by atoms with Crippen LogP contribution in [0.2, 0.25) is 0 Å². The topological polar surface area (TPSA) is 77.6 Å². The van der Waals surface area contributed by atoms with Crippen molar-refractivity contribution >= 4 is 28.2 Å². The summed E-state index contributed by atoms with van der Waals surface area (Å²) in [5.41, 5.74) is 3.57. The maximum Gasteiger partial charge on any atom is 0.253 e. The van der Waals surface area contributed by atoms with Gasteiger partial charge in [-0.1, -0.05) is 11.6 Å². The minimum absolute atomic E-state index is 0.0363. The zero-order chi connectivity index (χ0) is 19.4. The van der Waals surface area contributed by atoms with Crippen molar-refractivity contribution in [2.45, 2.75) is 39.3 Å². The molecular formula is C20H27N3O3S. The molecule has 0 bridgehead atoms. The molecule has 1 aliphatic heterocycles. The van der Waals surface area contributed by atoms with E-state index in [0.717, 1.165) is 41.5 Å². The number of aromatic nitrogens is 1. The number of ether oxygens (including phenoxy) is 1. The Morgan fingerprint density at radius 2 is 2.22 bits per heavy atom. The van der Waals surface area contributed by atoms with Gasteiger partial charge in [-0.25, -0.2) is 0 Å². The highest BCUT2D eigenvalue weighted by Crippen LogP contribution is 2.18. The van der Waals surface area contributed by atoms with Crippen molar-refractivity contribution in [1.82, 2.24) is 15.2 Å². The third kappa shape index (κ3) is 4.86. The molecule has 1 aromatic heterocycles. The first-order valence-electron chi connectivity index (χ1n) is 9.36. The zero-order valence-electron chi connectivity index (χ0n) is 15.9. The normalized spacial score (nSPS) is 16.6. The van der Waals surface area contributed by atoms with E-state index in [-0.39, 0.29) is 18.3 Å². The molecule has 7 heteroatoms. The molecular weight excluding hydrogens is 362 g/mol. The van der Waals surface area contributed by atoms with E-state index in [9.17, 15) is 9.90 Å². The third-order valence-corrected chi connectivity index (χ3v) is 5.30. The van der Waals surface area contributed by atoms with Gasteiger partial charge in [0.2, 0.25) is 0 Å². The van der Waals surface area contributed by atoms with Gasteiger partial charge in [0.1, 0.15) is 0 Å². The number of thiocarbonyl (C=S) groups is 1. The van der Waals surface area contributed by atoms with Gasteiger partial charge in [-0.15, -0.1) is 0 Å². The highest BCUT2D eigenvalue weighted by atomic mass is 32.1. The molecule has 2 aromatic rings. The van der Waals surface area contributed by atoms with E-state index < -0.39 is 0 Å². The number of aromatic amines is 1. The van der Waals surface area contributed by atoms with Gasteiger partial charge in [0.05, 0.1) is 24.8 Å². The van der Waals surface area contributed by atoms with Gasteiger partial charge < -0.3 is 25.0 Å². The van der Waals surface area contributed by atoms with Gasteiger partial charge in [-0.05, 0) is 62.0 Å². The van der Waals surface area contributed by atoms with E-state index in [1.165, 1.54) is 0 Å². The first kappa shape index (κ1) is 19.8. The molecule has 27 heavy (non-hydrogen) atoms. The Labute approximate surface area is 164 Å². The maximum atomic E-state index is 12.6. The third-order valence-electron chi connectivity index (χ3n) is 4.89. The molecule has 0 amide bonds. The van der Waals surface area contributed by atoms with Crippen LogP contribution in [0.3, 0.4) is 0 Å². The Kier molecular flexibility index (Phi) is 6.46. The first-order chi connectivity index (χ1) is 13.0. The van der Waals surface area contributed by atoms with Gasteiger partial charge in [0.15, 0.2) is 5.11 Å². The molecule has 0 radical (unpaired) electrons. The highest BCUT2D eigenvalue weighted by molar-refractivity contribution is 7.80. The number of hydrogen-bond donors (Lipinski definition) is 3. The van der Waals surface area contributed by atoms with E-state index in [1.54, 1.807) is 0 Å². The molecule has 3 N–H and O–H groups in total. The highest BCUT2D eigenvalue weighted by Gasteiger charge is 2.18. The van der Waals surface area contributed by atoms with Crippen molar-refractivity contribution < 1.29 is 9.84 Å². The van der Waals surface area contributed by atoms with Crippen LogP contribution in [0.1, 0.15) is 29.5 Å². The van der Waals surface area contributed by atoms with Crippen molar-refractivity contribution in [3.05, 3.63) is 45.2 Å². The van der Waals surface area contributed by atoms with Crippen molar-refractivity contribution in [1.29, 1.82) is 0 Å². The Hall–Kier alpha value is -1.96. The lowest BCUT2D eigenvalue weighted by Crippen LogP contribution is -2.44. The molecule has 146 valence electrons. The first-order valence-corrected chi connectivity index (χ1v) is 9.77. The van der Waals surface area contributed by atoms with Crippen LogP contribution < -0.4 is 10.9 Å². The number of pyridine rings is 1. The number of rotatable bonds is 6. The molecule has 0 unspecified atom stereocenters. The number of hydrogen-bond acceptors (Lipinski definition) is 4. The summed E-state index contributed by atoms with van der Waals surface area (Å²) < 4.78 is 5.61. The average molecular weight is 390 g/mol. The van der Waals surface area contributed by atoms with E-state index in [0.29, 0.717) is 30.3 Å². The minimum atomic E-state index is -0.126. The minimum Gasteiger partial charge on any atom is -0.395 e. The molecule has 3 rings (SSSR count). The van der Waals surface area contributed by atoms with Gasteiger partial charge in [0, 0.05) is 25.3 Å². The average Bonchev–Trinajstić information content (AvgIpc) is 3.14. The summed E-state index contributed by atoms with van der Waals surface area (Å²) in [5, 5.41) is 14.2. The molecule has 1 atom stereocenters. The quantitative estimate of drug-likeness (QED) is 0.656. The number of aryl methyl sites for hydroxylation is 2. The Bertz CT molecular complexity index is 875. The van der Waals surface area contributed by atoms with Crippen LogP contribution in [0.25, 0.3) is 10.9 Å². The lowest BCUT2D eigenvalue weighted by molar-refractivity contribution is 0.113. The Morgan fingerprint density at radius 3 is 2.93 bits per heavy atom. The molecule has 1 fully saturated rings. The van der Waals surface area contributed by atoms with Gasteiger partial charge >= 0.3 is 0 Å². The number of aliphatic hydroxyl groups excluding tert-OH is 1. The number of H-pyrrole nitrogens is 1. The van der Waals surface area contributed by atoms with E-state index in [2.05, 4.69) is 22.4 Å². The number of benzene rings is 1. The van der Waals surface area contributed by atoms with E-state index >= 15 is 0 Å². The van der Waals surface area contributed by atoms with E-state index in [4.69, 9.17) is 17.0 Å². The summed E-state index contributed by atoms with van der Waals surface area (Å²) in [6.45, 7) is 6.15. The predicted octanol–water partition coefficient (Wildman–Crippen LogP) is 1.99. The molecule has 0 saturated carbocycles. The Balaban J connectivity index is 1.77. The van der Waals surface area contributed by atoms with Crippen LogP contribution in [0.15, 0.2) is 23.0 Å². The summed E-state index contributed by atoms with van der Waals surface area (Å²) in [6, 6.07) is 6.04. The molecule has 2 heterocycles. The second-order valence-electron chi connectivity index (χ2n) is 7.14. The fraction of sp³-hybridized carbons (Fsp3) is 0.500. The van der Waals surface area contributed by atoms with E-state index in [1.807, 2.05) is 24.8 Å². The molecule has 1 aromatic carbocycles. The number of nitrogens with one attached hydrogen (secondary N) is 2. The number of aliphatic hydroxyl groups is 1. The smallest absolute Gasteiger partial charge is 0.253 e. The number of fused-ring (bicyclic) bond motifs is 1. The fourth-order valence-electron chi connectivity index (χ4n) is 3.55. The fourth-order valence-corrected chi connectivity index (χ4v) is 3.79. The maximum absolute atomic E-state index is 12.6. The van der Waals surface area contributed by atoms with Crippen molar-refractivity contribution in [2.75, 3.05) is 26.3 Å². The molecule has 1 saturated heterocycles. The molecule has 0 spiro atoms. The summed E-state index contributed by atoms with van der Waals surface area (Å²) in [7, 11) is 0. The van der Waals surface area contributed by atoms with Crippen molar-refractivity contribution in [3.63, 3.8) is 0 Å². The van der Waals surface area contributed by atoms with Crippen LogP contribution >= 0.6 is 12.2 Å². The van der Waals surface area contributed by atoms with Crippen molar-refractivity contribution in [2.24, 2.45) is 0 Å². The summed E-state index contributed by atoms with van der Waals surface area (Å²) in [5.74, 6) is 0. The second-order valence-corrected chi connectivity index (χ2v) is 7.52. The van der Waals surface area contributed by atoms with Gasteiger partial charge in [-0.3, -0.25) is 4.79 Å². The lowest BCUT2D eigenvalue weighted by atomic mass is 10.1. The zero-order valence-corrected chi connectivity index (χ0v) is 16.7. The van der Waals surface area contributed by atoms with Crippen LogP contribution in [0, 0.1) is 13.8 Å². The van der Waals surface area contributed by atoms with Crippen LogP contribution in [-0.2, 0) is 11.3 Å². The predicted molar refractivity (Wildman–Crippen MR) is 111 cm³/mol. The summed E-state index contributed by atoms with van der Waals surface area (Å²) in [6.07, 6.45) is 2.28. The lowest BCUT2D eigenvalue weighted by Gasteiger charge is -2.26.